The highest BCUT2D eigenvalue weighted by atomic mass is 35.5. The van der Waals surface area contributed by atoms with Crippen LogP contribution in [0.25, 0.3) is 11.1 Å². The number of benzene rings is 2. The predicted molar refractivity (Wildman–Crippen MR) is 213 cm³/mol. The van der Waals surface area contributed by atoms with Crippen molar-refractivity contribution in [2.24, 2.45) is 31.3 Å². The summed E-state index contributed by atoms with van der Waals surface area (Å²) in [5.74, 6) is 0.0358. The lowest BCUT2D eigenvalue weighted by Crippen LogP contribution is -2.38. The van der Waals surface area contributed by atoms with Crippen molar-refractivity contribution in [3.63, 3.8) is 0 Å². The molecular weight excluding hydrogens is 739 g/mol. The summed E-state index contributed by atoms with van der Waals surface area (Å²) in [7, 11) is 3.73. The number of anilines is 2. The smallest absolute Gasteiger partial charge is 0.309 e. The number of aromatic nitrogens is 4. The van der Waals surface area contributed by atoms with E-state index in [9.17, 15) is 19.5 Å². The topological polar surface area (TPSA) is 138 Å². The van der Waals surface area contributed by atoms with Crippen LogP contribution in [0.2, 0.25) is 10.0 Å². The number of hydrogen-bond acceptors (Lipinski definition) is 7. The van der Waals surface area contributed by atoms with E-state index in [-0.39, 0.29) is 17.7 Å². The third-order valence-electron chi connectivity index (χ3n) is 12.8. The predicted octanol–water partition coefficient (Wildman–Crippen LogP) is 7.04. The molecule has 2 bridgehead atoms. The molecule has 3 N–H and O–H groups in total. The van der Waals surface area contributed by atoms with Gasteiger partial charge in [0.25, 0.3) is 11.8 Å². The van der Waals surface area contributed by atoms with E-state index >= 15 is 0 Å². The fourth-order valence-electron chi connectivity index (χ4n) is 9.68. The molecule has 2 aromatic carbocycles. The Morgan fingerprint density at radius 2 is 1.44 bits per heavy atom. The number of halogens is 2. The molecular formula is C41H48Cl2N8O4. The van der Waals surface area contributed by atoms with Crippen molar-refractivity contribution < 1.29 is 19.5 Å². The monoisotopic (exact) mass is 786 g/mol. The van der Waals surface area contributed by atoms with Crippen molar-refractivity contribution in [1.82, 2.24) is 28.9 Å². The second kappa shape index (κ2) is 14.7. The SMILES string of the molecule is CC(C)N1CCc2c(nc(C(=O)Nc3cccc(-c4cccc(NC(=O)c5nc6c(n5C)CCN(CCC5CC7CCC5(C(=O)O)C7)C6)c4Cl)c3Cl)n2C)C1. The van der Waals surface area contributed by atoms with Gasteiger partial charge in [0.05, 0.1) is 38.2 Å². The van der Waals surface area contributed by atoms with Gasteiger partial charge in [-0.15, -0.1) is 0 Å². The molecule has 2 fully saturated rings. The molecule has 2 saturated carbocycles. The minimum Gasteiger partial charge on any atom is -0.481 e. The van der Waals surface area contributed by atoms with Crippen LogP contribution in [0.3, 0.4) is 0 Å². The largest absolute Gasteiger partial charge is 0.481 e. The summed E-state index contributed by atoms with van der Waals surface area (Å²) in [4.78, 5) is 53.7. The first kappa shape index (κ1) is 37.7. The molecule has 4 aliphatic rings. The number of nitrogens with one attached hydrogen (secondary N) is 2. The number of carboxylic acid groups (broad SMARTS) is 1. The molecule has 0 saturated heterocycles. The molecule has 290 valence electrons. The number of fused-ring (bicyclic) bond motifs is 4. The van der Waals surface area contributed by atoms with E-state index in [2.05, 4.69) is 34.3 Å². The maximum atomic E-state index is 13.7. The summed E-state index contributed by atoms with van der Waals surface area (Å²) in [5, 5.41) is 16.6. The second-order valence-corrected chi connectivity index (χ2v) is 16.9. The number of carbonyl (C=O) groups excluding carboxylic acids is 2. The molecule has 14 heteroatoms. The van der Waals surface area contributed by atoms with Crippen LogP contribution in [-0.4, -0.2) is 77.5 Å². The zero-order valence-corrected chi connectivity index (χ0v) is 33.3. The average molecular weight is 788 g/mol. The lowest BCUT2D eigenvalue weighted by molar-refractivity contribution is -0.151. The Bertz CT molecular complexity index is 2200. The van der Waals surface area contributed by atoms with Gasteiger partial charge < -0.3 is 24.9 Å². The van der Waals surface area contributed by atoms with Crippen LogP contribution in [0.1, 0.15) is 90.0 Å². The molecule has 4 heterocycles. The van der Waals surface area contributed by atoms with Crippen molar-refractivity contribution in [3.05, 3.63) is 80.9 Å². The zero-order chi connectivity index (χ0) is 38.8. The first-order valence-electron chi connectivity index (χ1n) is 19.3. The molecule has 55 heavy (non-hydrogen) atoms. The molecule has 2 aromatic heterocycles. The van der Waals surface area contributed by atoms with Crippen LogP contribution >= 0.6 is 23.2 Å². The van der Waals surface area contributed by atoms with E-state index in [4.69, 9.17) is 33.2 Å². The van der Waals surface area contributed by atoms with Crippen molar-refractivity contribution in [2.45, 2.75) is 77.9 Å². The van der Waals surface area contributed by atoms with Gasteiger partial charge in [0.15, 0.2) is 11.6 Å². The molecule has 3 atom stereocenters. The molecule has 4 aromatic rings. The third-order valence-corrected chi connectivity index (χ3v) is 13.6. The summed E-state index contributed by atoms with van der Waals surface area (Å²) in [6.07, 6.45) is 6.13. The van der Waals surface area contributed by atoms with Crippen LogP contribution in [-0.2, 0) is 44.8 Å². The Morgan fingerprint density at radius 3 is 1.98 bits per heavy atom. The maximum Gasteiger partial charge on any atom is 0.309 e. The minimum atomic E-state index is -0.623. The highest BCUT2D eigenvalue weighted by Crippen LogP contribution is 2.59. The number of nitrogens with zero attached hydrogens (tertiary/aromatic N) is 6. The van der Waals surface area contributed by atoms with Gasteiger partial charge in [0.1, 0.15) is 0 Å². The quantitative estimate of drug-likeness (QED) is 0.156. The Hall–Kier alpha value is -4.23. The Kier molecular flexibility index (Phi) is 10.1. The van der Waals surface area contributed by atoms with Gasteiger partial charge in [0, 0.05) is 81.7 Å². The third kappa shape index (κ3) is 6.74. The Balaban J connectivity index is 0.947. The highest BCUT2D eigenvalue weighted by Gasteiger charge is 2.56. The van der Waals surface area contributed by atoms with Crippen LogP contribution in [0.15, 0.2) is 36.4 Å². The summed E-state index contributed by atoms with van der Waals surface area (Å²) < 4.78 is 3.73. The van der Waals surface area contributed by atoms with E-state index in [0.717, 1.165) is 87.4 Å². The van der Waals surface area contributed by atoms with Crippen LogP contribution in [0.4, 0.5) is 11.4 Å². The molecule has 2 aliphatic carbocycles. The fourth-order valence-corrected chi connectivity index (χ4v) is 10.2. The standard InChI is InChI=1S/C41H48Cl2N8O4/c1-23(2)51-18-14-33-31(22-51)45-37(49(33)4)39(53)47-29-10-6-8-27(35(29)43)26-7-5-9-28(34(26)42)46-38(52)36-44-30-21-50(17-13-32(30)48(36)3)16-12-25-19-24-11-15-41(25,20-24)40(54)55/h5-10,23-25H,11-22H2,1-4H3,(H,46,52)(H,47,53)(H,54,55). The van der Waals surface area contributed by atoms with E-state index in [0.29, 0.717) is 69.2 Å². The molecule has 8 rings (SSSR count). The average Bonchev–Trinajstić information content (AvgIpc) is 3.93. The van der Waals surface area contributed by atoms with Gasteiger partial charge in [-0.2, -0.15) is 0 Å². The van der Waals surface area contributed by atoms with E-state index in [1.54, 1.807) is 24.3 Å². The number of imidazole rings is 2. The van der Waals surface area contributed by atoms with Gasteiger partial charge in [-0.05, 0) is 76.5 Å². The van der Waals surface area contributed by atoms with E-state index in [1.165, 1.54) is 0 Å². The maximum absolute atomic E-state index is 13.7. The normalized spacial score (nSPS) is 22.2. The first-order chi connectivity index (χ1) is 26.3. The number of amides is 2. The van der Waals surface area contributed by atoms with Gasteiger partial charge in [-0.3, -0.25) is 24.2 Å². The van der Waals surface area contributed by atoms with Gasteiger partial charge >= 0.3 is 5.97 Å². The minimum absolute atomic E-state index is 0.222. The fraction of sp³-hybridized carbons (Fsp3) is 0.488. The zero-order valence-electron chi connectivity index (χ0n) is 31.8. The van der Waals surface area contributed by atoms with Crippen molar-refractivity contribution in [1.29, 1.82) is 0 Å². The number of aliphatic carboxylic acids is 1. The van der Waals surface area contributed by atoms with Crippen molar-refractivity contribution in [3.8, 4) is 11.1 Å². The van der Waals surface area contributed by atoms with Gasteiger partial charge in [-0.1, -0.05) is 47.5 Å². The summed E-state index contributed by atoms with van der Waals surface area (Å²) in [6.45, 7) is 8.22. The Morgan fingerprint density at radius 1 is 0.873 bits per heavy atom. The second-order valence-electron chi connectivity index (χ2n) is 16.1. The number of rotatable bonds is 10. The van der Waals surface area contributed by atoms with Crippen LogP contribution in [0, 0.1) is 17.3 Å². The van der Waals surface area contributed by atoms with Gasteiger partial charge in [0.2, 0.25) is 0 Å². The number of carbonyl (C=O) groups is 3. The summed E-state index contributed by atoms with van der Waals surface area (Å²) in [5.41, 5.74) is 5.36. The molecule has 0 spiro atoms. The molecule has 12 nitrogen and oxygen atoms in total. The lowest BCUT2D eigenvalue weighted by Gasteiger charge is -2.34. The summed E-state index contributed by atoms with van der Waals surface area (Å²) >= 11 is 13.9. The first-order valence-corrected chi connectivity index (χ1v) is 20.1. The van der Waals surface area contributed by atoms with Gasteiger partial charge in [-0.25, -0.2) is 9.97 Å². The Labute approximate surface area is 331 Å². The number of hydrogen-bond donors (Lipinski definition) is 3. The molecule has 0 radical (unpaired) electrons. The van der Waals surface area contributed by atoms with Crippen LogP contribution < -0.4 is 10.6 Å². The lowest BCUT2D eigenvalue weighted by atomic mass is 9.73. The van der Waals surface area contributed by atoms with Crippen LogP contribution in [0.5, 0.6) is 0 Å². The molecule has 2 aliphatic heterocycles. The van der Waals surface area contributed by atoms with Crippen molar-refractivity contribution in [2.75, 3.05) is 30.3 Å². The highest BCUT2D eigenvalue weighted by molar-refractivity contribution is 6.40. The molecule has 2 amide bonds. The number of carboxylic acids is 1. The van der Waals surface area contributed by atoms with Crippen molar-refractivity contribution >= 4 is 52.4 Å². The summed E-state index contributed by atoms with van der Waals surface area (Å²) in [6, 6.07) is 11.1. The molecule has 3 unspecified atom stereocenters. The van der Waals surface area contributed by atoms with E-state index in [1.807, 2.05) is 35.4 Å². The van der Waals surface area contributed by atoms with E-state index < -0.39 is 11.4 Å².